The molecule has 6 unspecified atom stereocenters. The molecule has 7 aliphatic carbocycles. The molecule has 0 saturated carbocycles. The van der Waals surface area contributed by atoms with Crippen LogP contribution in [0.1, 0.15) is 160 Å². The lowest BCUT2D eigenvalue weighted by atomic mass is 9.67. The predicted octanol–water partition coefficient (Wildman–Crippen LogP) is 21.9. The normalized spacial score (nSPS) is 23.0. The number of rotatable bonds is 19. The van der Waals surface area contributed by atoms with Crippen LogP contribution in [0.15, 0.2) is 296 Å². The molecule has 0 spiro atoms. The maximum absolute atomic E-state index is 6.36. The lowest BCUT2D eigenvalue weighted by molar-refractivity contribution is 0.266. The molecule has 8 aliphatic rings. The van der Waals surface area contributed by atoms with Crippen molar-refractivity contribution in [2.24, 2.45) is 5.92 Å². The lowest BCUT2D eigenvalue weighted by Gasteiger charge is -2.38. The van der Waals surface area contributed by atoms with E-state index in [1.54, 1.807) is 0 Å². The topological polar surface area (TPSA) is 15.7 Å². The molecule has 0 radical (unpaired) electrons. The highest BCUT2D eigenvalue weighted by molar-refractivity contribution is 5.80. The molecule has 1 fully saturated rings. The largest absolute Gasteiger partial charge is 0.494 e. The summed E-state index contributed by atoms with van der Waals surface area (Å²) < 4.78 is 6.36. The van der Waals surface area contributed by atoms with E-state index in [-0.39, 0.29) is 22.8 Å². The summed E-state index contributed by atoms with van der Waals surface area (Å²) >= 11 is 0. The van der Waals surface area contributed by atoms with Crippen LogP contribution in [0.25, 0.3) is 22.8 Å². The van der Waals surface area contributed by atoms with Gasteiger partial charge in [0.15, 0.2) is 0 Å². The third-order valence-electron chi connectivity index (χ3n) is 20.7. The first-order valence-electron chi connectivity index (χ1n) is 33.5. The van der Waals surface area contributed by atoms with E-state index in [0.717, 1.165) is 95.0 Å². The van der Waals surface area contributed by atoms with E-state index in [1.807, 2.05) is 12.2 Å². The van der Waals surface area contributed by atoms with Gasteiger partial charge in [0.05, 0.1) is 18.7 Å². The van der Waals surface area contributed by atoms with E-state index in [2.05, 4.69) is 287 Å². The van der Waals surface area contributed by atoms with Crippen molar-refractivity contribution in [3.63, 3.8) is 0 Å². The van der Waals surface area contributed by atoms with E-state index in [9.17, 15) is 0 Å². The van der Waals surface area contributed by atoms with E-state index < -0.39 is 0 Å². The fourth-order valence-corrected chi connectivity index (χ4v) is 15.9. The van der Waals surface area contributed by atoms with Gasteiger partial charge in [0, 0.05) is 45.9 Å². The molecular formula is C87H86N2O. The molecule has 6 atom stereocenters. The molecule has 0 bridgehead atoms. The van der Waals surface area contributed by atoms with Crippen molar-refractivity contribution < 1.29 is 4.74 Å². The minimum atomic E-state index is -0.254. The maximum Gasteiger partial charge on any atom is 0.119 e. The third-order valence-corrected chi connectivity index (χ3v) is 20.7. The molecule has 0 amide bonds. The molecule has 0 aromatic heterocycles. The zero-order valence-electron chi connectivity index (χ0n) is 53.0. The highest BCUT2D eigenvalue weighted by atomic mass is 16.5. The molecule has 450 valence electrons. The Morgan fingerprint density at radius 2 is 1.38 bits per heavy atom. The minimum absolute atomic E-state index is 0.111. The Hall–Kier alpha value is -8.92. The summed E-state index contributed by atoms with van der Waals surface area (Å²) in [5.74, 6) is 1.85. The third kappa shape index (κ3) is 11.6. The fraction of sp³-hybridized carbons (Fsp3) is 0.264. The highest BCUT2D eigenvalue weighted by Crippen LogP contribution is 2.60. The minimum Gasteiger partial charge on any atom is -0.494 e. The summed E-state index contributed by atoms with van der Waals surface area (Å²) in [6.45, 7) is 15.6. The average molecular weight is 1180 g/mol. The smallest absolute Gasteiger partial charge is 0.119 e. The summed E-state index contributed by atoms with van der Waals surface area (Å²) in [6.07, 6.45) is 52.6. The number of fused-ring (bicyclic) bond motifs is 6. The van der Waals surface area contributed by atoms with Crippen LogP contribution in [-0.4, -0.2) is 23.6 Å². The van der Waals surface area contributed by atoms with Gasteiger partial charge in [-0.15, -0.1) is 0 Å². The number of benzene rings is 6. The van der Waals surface area contributed by atoms with Crippen molar-refractivity contribution in [2.75, 3.05) is 11.5 Å². The maximum atomic E-state index is 6.36. The predicted molar refractivity (Wildman–Crippen MR) is 380 cm³/mol. The summed E-state index contributed by atoms with van der Waals surface area (Å²) in [6, 6.07) is 58.2. The van der Waals surface area contributed by atoms with E-state index in [1.165, 1.54) is 101 Å². The summed E-state index contributed by atoms with van der Waals surface area (Å²) in [5, 5.41) is 0. The Morgan fingerprint density at radius 1 is 0.644 bits per heavy atom. The SMILES string of the molecule is C=CC1=CC=C(c2ccc(OCCCCCCC3(c4ccccc4)C4=CC(N(C5=CC=C(c6ccc(C(C)(C)C)cc6)CC5)c5ccc(C6=CC7C8=CC(c9ccc(C=C)cc9)CC=C8N(C8C=CC=CC8)C7C=C6)cc5)=CCC4c4ccccc43)cc2)CC1. The summed E-state index contributed by atoms with van der Waals surface area (Å²) in [7, 11) is 0. The number of hydrogen-bond acceptors (Lipinski definition) is 3. The Bertz CT molecular complexity index is 4080. The van der Waals surface area contributed by atoms with Gasteiger partial charge in [-0.2, -0.15) is 0 Å². The van der Waals surface area contributed by atoms with Gasteiger partial charge in [0.2, 0.25) is 0 Å². The number of hydrogen-bond donors (Lipinski definition) is 0. The first kappa shape index (κ1) is 58.7. The molecule has 0 N–H and O–H groups in total. The van der Waals surface area contributed by atoms with Crippen LogP contribution < -0.4 is 9.64 Å². The standard InChI is InChI=1S/C87H86N2O/c1-6-61-26-30-63(31-27-61)66-40-51-77(52-41-66)90-57-19-9-8-18-56-87(72-20-12-10-13-21-72)82-25-17-16-24-78(82)79-53-50-76(60-83(79)87)88(74-46-36-65(37-47-74)64-34-44-71(45-35-64)86(3,4)5)75-48-38-68(39-49-75)70-43-55-85-81(59-70)80-58-69(67-32-28-62(7-2)29-33-67)42-54-84(80)89(85)73-22-14-11-15-23-73/h6-7,10-17,20-22,24-26,28-30,32-36,38-41,43-46,48-52,54-55,58-60,69,73,79,81,85H,1-2,8-9,18-19,23,27,31,37,42,47,53,56-57H2,3-5H3. The Kier molecular flexibility index (Phi) is 16.7. The Balaban J connectivity index is 0.764. The Morgan fingerprint density at radius 3 is 2.09 bits per heavy atom. The molecule has 14 rings (SSSR count). The zero-order valence-corrected chi connectivity index (χ0v) is 53.0. The molecule has 90 heavy (non-hydrogen) atoms. The van der Waals surface area contributed by atoms with Crippen LogP contribution in [0.4, 0.5) is 5.69 Å². The molecular weight excluding hydrogens is 1090 g/mol. The van der Waals surface area contributed by atoms with Crippen LogP contribution in [0.2, 0.25) is 0 Å². The zero-order chi connectivity index (χ0) is 61.2. The molecule has 3 heteroatoms. The van der Waals surface area contributed by atoms with Crippen molar-refractivity contribution in [1.82, 2.24) is 4.90 Å². The first-order chi connectivity index (χ1) is 44.1. The average Bonchev–Trinajstić information content (AvgIpc) is 1.56. The second kappa shape index (κ2) is 25.5. The summed E-state index contributed by atoms with van der Waals surface area (Å²) in [4.78, 5) is 5.33. The van der Waals surface area contributed by atoms with Gasteiger partial charge in [-0.3, -0.25) is 0 Å². The van der Waals surface area contributed by atoms with Crippen molar-refractivity contribution in [1.29, 1.82) is 0 Å². The number of likely N-dealkylation sites (tertiary alicyclic amines) is 1. The number of unbranched alkanes of at least 4 members (excludes halogenated alkanes) is 3. The van der Waals surface area contributed by atoms with E-state index in [4.69, 9.17) is 4.74 Å². The second-order valence-electron chi connectivity index (χ2n) is 27.1. The number of anilines is 1. The van der Waals surface area contributed by atoms with Gasteiger partial charge in [-0.05, 0) is 183 Å². The number of nitrogens with zero attached hydrogens (tertiary/aromatic N) is 2. The number of allylic oxidation sites excluding steroid dienone is 19. The van der Waals surface area contributed by atoms with Crippen LogP contribution >= 0.6 is 0 Å². The fourth-order valence-electron chi connectivity index (χ4n) is 15.9. The van der Waals surface area contributed by atoms with E-state index >= 15 is 0 Å². The highest BCUT2D eigenvalue weighted by Gasteiger charge is 2.50. The molecule has 6 aromatic rings. The monoisotopic (exact) mass is 1170 g/mol. The van der Waals surface area contributed by atoms with Crippen molar-refractivity contribution >= 4 is 28.5 Å². The van der Waals surface area contributed by atoms with Gasteiger partial charge in [-0.25, -0.2) is 0 Å². The van der Waals surface area contributed by atoms with Crippen LogP contribution in [0.5, 0.6) is 5.75 Å². The molecule has 6 aromatic carbocycles. The van der Waals surface area contributed by atoms with Crippen LogP contribution in [-0.2, 0) is 10.8 Å². The van der Waals surface area contributed by atoms with Gasteiger partial charge in [0.1, 0.15) is 5.75 Å². The van der Waals surface area contributed by atoms with E-state index in [0.29, 0.717) is 17.9 Å². The Labute approximate surface area is 536 Å². The van der Waals surface area contributed by atoms with Crippen molar-refractivity contribution in [3.05, 3.63) is 346 Å². The van der Waals surface area contributed by atoms with Crippen molar-refractivity contribution in [2.45, 2.75) is 133 Å². The molecule has 3 nitrogen and oxygen atoms in total. The van der Waals surface area contributed by atoms with Gasteiger partial charge < -0.3 is 14.5 Å². The van der Waals surface area contributed by atoms with Gasteiger partial charge in [0.25, 0.3) is 0 Å². The van der Waals surface area contributed by atoms with Gasteiger partial charge >= 0.3 is 0 Å². The number of ether oxygens (including phenoxy) is 1. The van der Waals surface area contributed by atoms with Crippen LogP contribution in [0.3, 0.4) is 0 Å². The summed E-state index contributed by atoms with van der Waals surface area (Å²) in [5.41, 5.74) is 25.5. The molecule has 1 saturated heterocycles. The first-order valence-corrected chi connectivity index (χ1v) is 33.5. The van der Waals surface area contributed by atoms with Crippen LogP contribution in [0, 0.1) is 5.92 Å². The van der Waals surface area contributed by atoms with Gasteiger partial charge in [-0.1, -0.05) is 272 Å². The quantitative estimate of drug-likeness (QED) is 0.0752. The lowest BCUT2D eigenvalue weighted by Crippen LogP contribution is -2.38. The second-order valence-corrected chi connectivity index (χ2v) is 27.1. The van der Waals surface area contributed by atoms with Crippen molar-refractivity contribution in [3.8, 4) is 5.75 Å². The molecule has 1 aliphatic heterocycles. The molecule has 1 heterocycles.